The third-order valence-electron chi connectivity index (χ3n) is 1.75. The van der Waals surface area contributed by atoms with E-state index in [0.29, 0.717) is 6.29 Å². The van der Waals surface area contributed by atoms with Crippen LogP contribution in [0.5, 0.6) is 0 Å². The summed E-state index contributed by atoms with van der Waals surface area (Å²) in [6.45, 7) is 0. The molecular weight excluding hydrogens is 156 g/mol. The summed E-state index contributed by atoms with van der Waals surface area (Å²) >= 11 is 0. The molecule has 1 amide bonds. The number of nitrogens with zero attached hydrogens (tertiary/aromatic N) is 1. The van der Waals surface area contributed by atoms with Gasteiger partial charge >= 0.3 is 5.92 Å². The number of amides is 1. The van der Waals surface area contributed by atoms with E-state index in [1.165, 1.54) is 7.05 Å². The molecule has 1 heterocycles. The second-order valence-corrected chi connectivity index (χ2v) is 2.53. The van der Waals surface area contributed by atoms with E-state index in [9.17, 15) is 18.4 Å². The Morgan fingerprint density at radius 3 is 2.45 bits per heavy atom. The Morgan fingerprint density at radius 1 is 1.73 bits per heavy atom. The number of rotatable bonds is 1. The molecule has 3 nitrogen and oxygen atoms in total. The van der Waals surface area contributed by atoms with Crippen molar-refractivity contribution in [3.63, 3.8) is 0 Å². The normalized spacial score (nSPS) is 29.2. The van der Waals surface area contributed by atoms with Crippen molar-refractivity contribution in [2.75, 3.05) is 7.05 Å². The van der Waals surface area contributed by atoms with Gasteiger partial charge in [0.25, 0.3) is 5.91 Å². The van der Waals surface area contributed by atoms with Crippen LogP contribution in [-0.4, -0.2) is 36.1 Å². The van der Waals surface area contributed by atoms with Gasteiger partial charge in [-0.15, -0.1) is 0 Å². The van der Waals surface area contributed by atoms with Gasteiger partial charge in [0.2, 0.25) is 0 Å². The van der Waals surface area contributed by atoms with Gasteiger partial charge in [-0.1, -0.05) is 0 Å². The zero-order valence-electron chi connectivity index (χ0n) is 5.88. The Balaban J connectivity index is 2.85. The molecule has 0 saturated carbocycles. The van der Waals surface area contributed by atoms with Crippen LogP contribution in [0.15, 0.2) is 0 Å². The number of hydrogen-bond donors (Lipinski definition) is 0. The summed E-state index contributed by atoms with van der Waals surface area (Å²) < 4.78 is 25.0. The molecule has 0 aromatic heterocycles. The molecule has 1 fully saturated rings. The largest absolute Gasteiger partial charge is 0.331 e. The van der Waals surface area contributed by atoms with Crippen molar-refractivity contribution in [2.24, 2.45) is 0 Å². The average Bonchev–Trinajstić information content (AvgIpc) is 2.13. The molecule has 0 aromatic rings. The maximum Gasteiger partial charge on any atom is 0.327 e. The summed E-state index contributed by atoms with van der Waals surface area (Å²) in [7, 11) is 1.20. The molecule has 1 aliphatic heterocycles. The molecule has 1 rings (SSSR count). The van der Waals surface area contributed by atoms with Gasteiger partial charge in [0, 0.05) is 13.5 Å². The molecule has 0 N–H and O–H groups in total. The van der Waals surface area contributed by atoms with Gasteiger partial charge in [-0.3, -0.25) is 4.79 Å². The van der Waals surface area contributed by atoms with Crippen LogP contribution in [0.25, 0.3) is 0 Å². The number of carbonyl (C=O) groups is 2. The number of aldehydes is 1. The summed E-state index contributed by atoms with van der Waals surface area (Å²) in [4.78, 5) is 21.5. The quantitative estimate of drug-likeness (QED) is 0.512. The van der Waals surface area contributed by atoms with E-state index in [-0.39, 0.29) is 0 Å². The maximum atomic E-state index is 12.5. The van der Waals surface area contributed by atoms with Crippen molar-refractivity contribution >= 4 is 12.2 Å². The van der Waals surface area contributed by atoms with Gasteiger partial charge in [-0.2, -0.15) is 8.78 Å². The number of likely N-dealkylation sites (N-methyl/N-ethyl adjacent to an activating group) is 1. The smallest absolute Gasteiger partial charge is 0.327 e. The molecule has 1 saturated heterocycles. The van der Waals surface area contributed by atoms with Crippen molar-refractivity contribution in [3.8, 4) is 0 Å². The van der Waals surface area contributed by atoms with E-state index >= 15 is 0 Å². The van der Waals surface area contributed by atoms with E-state index in [1.807, 2.05) is 0 Å². The maximum absolute atomic E-state index is 12.5. The zero-order valence-corrected chi connectivity index (χ0v) is 5.88. The molecule has 0 unspecified atom stereocenters. The highest BCUT2D eigenvalue weighted by atomic mass is 19.3. The van der Waals surface area contributed by atoms with Gasteiger partial charge in [-0.25, -0.2) is 0 Å². The fourth-order valence-electron chi connectivity index (χ4n) is 1.03. The van der Waals surface area contributed by atoms with Crippen LogP contribution in [0.3, 0.4) is 0 Å². The molecule has 0 radical (unpaired) electrons. The highest BCUT2D eigenvalue weighted by Crippen LogP contribution is 2.31. The molecule has 62 valence electrons. The highest BCUT2D eigenvalue weighted by Gasteiger charge is 2.51. The number of hydrogen-bond acceptors (Lipinski definition) is 2. The summed E-state index contributed by atoms with van der Waals surface area (Å²) in [5.41, 5.74) is 0. The number of halogens is 2. The standard InChI is InChI=1S/C6H7F2NO2/c1-9-4(3-10)2-6(7,8)5(9)11/h3-4H,2H2,1H3/t4-/m1/s1. The first-order chi connectivity index (χ1) is 4.99. The van der Waals surface area contributed by atoms with Gasteiger partial charge < -0.3 is 9.69 Å². The first kappa shape index (κ1) is 8.10. The van der Waals surface area contributed by atoms with E-state index in [0.717, 1.165) is 4.90 Å². The van der Waals surface area contributed by atoms with Gasteiger partial charge in [-0.05, 0) is 0 Å². The third kappa shape index (κ3) is 1.10. The summed E-state index contributed by atoms with van der Waals surface area (Å²) in [6, 6.07) is -0.961. The topological polar surface area (TPSA) is 37.4 Å². The molecule has 0 aliphatic carbocycles. The van der Waals surface area contributed by atoms with Crippen LogP contribution in [0.1, 0.15) is 6.42 Å². The van der Waals surface area contributed by atoms with E-state index in [1.54, 1.807) is 0 Å². The van der Waals surface area contributed by atoms with Crippen LogP contribution < -0.4 is 0 Å². The SMILES string of the molecule is CN1C(=O)C(F)(F)C[C@@H]1C=O. The minimum absolute atomic E-state index is 0.360. The van der Waals surface area contributed by atoms with Crippen molar-refractivity contribution in [2.45, 2.75) is 18.4 Å². The number of likely N-dealkylation sites (tertiary alicyclic amines) is 1. The van der Waals surface area contributed by atoms with E-state index in [4.69, 9.17) is 0 Å². The first-order valence-electron chi connectivity index (χ1n) is 3.09. The molecule has 0 aromatic carbocycles. The summed E-state index contributed by atoms with van der Waals surface area (Å²) in [5.74, 6) is -4.62. The minimum atomic E-state index is -3.35. The van der Waals surface area contributed by atoms with Crippen molar-refractivity contribution in [1.82, 2.24) is 4.90 Å². The monoisotopic (exact) mass is 163 g/mol. The fraction of sp³-hybridized carbons (Fsp3) is 0.667. The Hall–Kier alpha value is -1.00. The average molecular weight is 163 g/mol. The molecule has 11 heavy (non-hydrogen) atoms. The second kappa shape index (κ2) is 2.25. The van der Waals surface area contributed by atoms with Gasteiger partial charge in [0.15, 0.2) is 0 Å². The second-order valence-electron chi connectivity index (χ2n) is 2.53. The number of carbonyl (C=O) groups excluding carboxylic acids is 2. The van der Waals surface area contributed by atoms with Gasteiger partial charge in [0.1, 0.15) is 6.29 Å². The summed E-state index contributed by atoms with van der Waals surface area (Å²) in [5, 5.41) is 0. The Morgan fingerprint density at radius 2 is 2.27 bits per heavy atom. The number of alkyl halides is 2. The fourth-order valence-corrected chi connectivity index (χ4v) is 1.03. The van der Waals surface area contributed by atoms with Crippen molar-refractivity contribution < 1.29 is 18.4 Å². The van der Waals surface area contributed by atoms with Crippen molar-refractivity contribution in [1.29, 1.82) is 0 Å². The van der Waals surface area contributed by atoms with Crippen LogP contribution in [0.2, 0.25) is 0 Å². The lowest BCUT2D eigenvalue weighted by Gasteiger charge is -2.11. The Kier molecular flexibility index (Phi) is 1.66. The van der Waals surface area contributed by atoms with Crippen LogP contribution in [0.4, 0.5) is 8.78 Å². The molecular formula is C6H7F2NO2. The van der Waals surface area contributed by atoms with E-state index in [2.05, 4.69) is 0 Å². The minimum Gasteiger partial charge on any atom is -0.331 e. The van der Waals surface area contributed by atoms with Crippen molar-refractivity contribution in [3.05, 3.63) is 0 Å². The first-order valence-corrected chi connectivity index (χ1v) is 3.09. The van der Waals surface area contributed by atoms with E-state index < -0.39 is 24.3 Å². The zero-order chi connectivity index (χ0) is 8.65. The lowest BCUT2D eigenvalue weighted by atomic mass is 10.2. The summed E-state index contributed by atoms with van der Waals surface area (Å²) in [6.07, 6.45) is -0.329. The molecule has 0 bridgehead atoms. The highest BCUT2D eigenvalue weighted by molar-refractivity contribution is 5.89. The van der Waals surface area contributed by atoms with Crippen LogP contribution in [0, 0.1) is 0 Å². The Bertz CT molecular complexity index is 205. The lowest BCUT2D eigenvalue weighted by molar-refractivity contribution is -0.147. The molecule has 5 heteroatoms. The van der Waals surface area contributed by atoms with Crippen LogP contribution in [-0.2, 0) is 9.59 Å². The predicted molar refractivity (Wildman–Crippen MR) is 32.2 cm³/mol. The van der Waals surface area contributed by atoms with Gasteiger partial charge in [0.05, 0.1) is 6.04 Å². The third-order valence-corrected chi connectivity index (χ3v) is 1.75. The molecule has 1 aliphatic rings. The molecule has 1 atom stereocenters. The molecule has 0 spiro atoms. The predicted octanol–water partition coefficient (Wildman–Crippen LogP) is 0.0513. The van der Waals surface area contributed by atoms with Crippen LogP contribution >= 0.6 is 0 Å². The lowest BCUT2D eigenvalue weighted by Crippen LogP contribution is -2.33. The Labute approximate surface area is 62.0 Å².